The van der Waals surface area contributed by atoms with Crippen LogP contribution in [0.4, 0.5) is 0 Å². The third-order valence-corrected chi connectivity index (χ3v) is 2.79. The molecule has 0 aliphatic rings. The first kappa shape index (κ1) is 13.6. The van der Waals surface area contributed by atoms with Crippen molar-refractivity contribution in [1.82, 2.24) is 10.3 Å². The van der Waals surface area contributed by atoms with Crippen molar-refractivity contribution in [2.45, 2.75) is 33.4 Å². The fourth-order valence-corrected chi connectivity index (χ4v) is 1.77. The van der Waals surface area contributed by atoms with Gasteiger partial charge in [-0.2, -0.15) is 0 Å². The molecule has 0 aliphatic heterocycles. The van der Waals surface area contributed by atoms with Crippen molar-refractivity contribution in [1.29, 1.82) is 0 Å². The predicted molar refractivity (Wildman–Crippen MR) is 77.5 cm³/mol. The van der Waals surface area contributed by atoms with Gasteiger partial charge in [0.2, 0.25) is 0 Å². The van der Waals surface area contributed by atoms with Crippen LogP contribution in [-0.4, -0.2) is 11.0 Å². The lowest BCUT2D eigenvalue weighted by Gasteiger charge is -2.13. The van der Waals surface area contributed by atoms with Crippen LogP contribution in [0.1, 0.15) is 25.0 Å². The van der Waals surface area contributed by atoms with Gasteiger partial charge in [-0.15, -0.1) is 0 Å². The third kappa shape index (κ3) is 4.07. The van der Waals surface area contributed by atoms with Gasteiger partial charge in [0.05, 0.1) is 6.20 Å². The molecule has 0 bridgehead atoms. The largest absolute Gasteiger partial charge is 0.455 e. The zero-order valence-electron chi connectivity index (χ0n) is 11.7. The number of benzene rings is 1. The summed E-state index contributed by atoms with van der Waals surface area (Å²) >= 11 is 0. The quantitative estimate of drug-likeness (QED) is 0.886. The second-order valence-corrected chi connectivity index (χ2v) is 4.94. The molecule has 19 heavy (non-hydrogen) atoms. The minimum Gasteiger partial charge on any atom is -0.455 e. The van der Waals surface area contributed by atoms with E-state index in [0.29, 0.717) is 6.04 Å². The molecule has 0 radical (unpaired) electrons. The minimum absolute atomic E-state index is 0.444. The van der Waals surface area contributed by atoms with Crippen molar-refractivity contribution < 1.29 is 4.74 Å². The van der Waals surface area contributed by atoms with Crippen LogP contribution in [-0.2, 0) is 6.54 Å². The van der Waals surface area contributed by atoms with Crippen molar-refractivity contribution in [2.75, 3.05) is 0 Å². The SMILES string of the molecule is Cc1cccc(Oc2cnccc2CNC(C)C)c1. The first-order valence-electron chi connectivity index (χ1n) is 6.56. The average molecular weight is 256 g/mol. The summed E-state index contributed by atoms with van der Waals surface area (Å²) < 4.78 is 5.92. The first-order chi connectivity index (χ1) is 9.15. The highest BCUT2D eigenvalue weighted by molar-refractivity contribution is 5.36. The van der Waals surface area contributed by atoms with Crippen LogP contribution >= 0.6 is 0 Å². The zero-order valence-corrected chi connectivity index (χ0v) is 11.7. The molecule has 0 amide bonds. The summed E-state index contributed by atoms with van der Waals surface area (Å²) in [5.74, 6) is 1.65. The molecule has 0 saturated heterocycles. The summed E-state index contributed by atoms with van der Waals surface area (Å²) in [7, 11) is 0. The van der Waals surface area contributed by atoms with Crippen LogP contribution in [0, 0.1) is 6.92 Å². The number of nitrogens with zero attached hydrogens (tertiary/aromatic N) is 1. The molecule has 1 aromatic heterocycles. The van der Waals surface area contributed by atoms with E-state index >= 15 is 0 Å². The lowest BCUT2D eigenvalue weighted by molar-refractivity contribution is 0.466. The van der Waals surface area contributed by atoms with Crippen molar-refractivity contribution in [3.63, 3.8) is 0 Å². The highest BCUT2D eigenvalue weighted by Gasteiger charge is 2.05. The Morgan fingerprint density at radius 1 is 1.26 bits per heavy atom. The fourth-order valence-electron chi connectivity index (χ4n) is 1.77. The second kappa shape index (κ2) is 6.34. The van der Waals surface area contributed by atoms with Gasteiger partial charge in [0, 0.05) is 24.3 Å². The molecule has 0 spiro atoms. The summed E-state index contributed by atoms with van der Waals surface area (Å²) in [6.45, 7) is 7.09. The van der Waals surface area contributed by atoms with E-state index < -0.39 is 0 Å². The van der Waals surface area contributed by atoms with Crippen LogP contribution in [0.25, 0.3) is 0 Å². The molecule has 0 fully saturated rings. The van der Waals surface area contributed by atoms with E-state index in [2.05, 4.69) is 37.1 Å². The van der Waals surface area contributed by atoms with Crippen LogP contribution in [0.2, 0.25) is 0 Å². The van der Waals surface area contributed by atoms with Gasteiger partial charge in [0.15, 0.2) is 0 Å². The van der Waals surface area contributed by atoms with Gasteiger partial charge in [-0.25, -0.2) is 0 Å². The number of hydrogen-bond acceptors (Lipinski definition) is 3. The van der Waals surface area contributed by atoms with E-state index in [1.165, 1.54) is 5.56 Å². The van der Waals surface area contributed by atoms with E-state index in [1.807, 2.05) is 24.3 Å². The van der Waals surface area contributed by atoms with Crippen molar-refractivity contribution in [2.24, 2.45) is 0 Å². The standard InChI is InChI=1S/C16H20N2O/c1-12(2)18-10-14-7-8-17-11-16(14)19-15-6-4-5-13(3)9-15/h4-9,11-12,18H,10H2,1-3H3. The normalized spacial score (nSPS) is 10.7. The van der Waals surface area contributed by atoms with Gasteiger partial charge < -0.3 is 10.1 Å². The topological polar surface area (TPSA) is 34.1 Å². The van der Waals surface area contributed by atoms with Gasteiger partial charge in [0.25, 0.3) is 0 Å². The lowest BCUT2D eigenvalue weighted by Crippen LogP contribution is -2.22. The Labute approximate surface area is 114 Å². The lowest BCUT2D eigenvalue weighted by atomic mass is 10.2. The second-order valence-electron chi connectivity index (χ2n) is 4.94. The highest BCUT2D eigenvalue weighted by atomic mass is 16.5. The van der Waals surface area contributed by atoms with Gasteiger partial charge in [-0.1, -0.05) is 26.0 Å². The highest BCUT2D eigenvalue weighted by Crippen LogP contribution is 2.24. The maximum Gasteiger partial charge on any atom is 0.150 e. The minimum atomic E-state index is 0.444. The number of pyridine rings is 1. The molecule has 0 atom stereocenters. The molecule has 100 valence electrons. The van der Waals surface area contributed by atoms with Gasteiger partial charge >= 0.3 is 0 Å². The Balaban J connectivity index is 2.15. The van der Waals surface area contributed by atoms with Crippen molar-refractivity contribution >= 4 is 0 Å². The van der Waals surface area contributed by atoms with Crippen molar-refractivity contribution in [3.8, 4) is 11.5 Å². The maximum atomic E-state index is 5.92. The number of hydrogen-bond donors (Lipinski definition) is 1. The van der Waals surface area contributed by atoms with Gasteiger partial charge in [-0.05, 0) is 30.7 Å². The third-order valence-electron chi connectivity index (χ3n) is 2.79. The molecule has 1 heterocycles. The zero-order chi connectivity index (χ0) is 13.7. The number of nitrogens with one attached hydrogen (secondary N) is 1. The van der Waals surface area contributed by atoms with Gasteiger partial charge in [-0.3, -0.25) is 4.98 Å². The van der Waals surface area contributed by atoms with E-state index in [4.69, 9.17) is 4.74 Å². The summed E-state index contributed by atoms with van der Waals surface area (Å²) in [4.78, 5) is 4.14. The van der Waals surface area contributed by atoms with E-state index in [-0.39, 0.29) is 0 Å². The average Bonchev–Trinajstić information content (AvgIpc) is 2.38. The Morgan fingerprint density at radius 2 is 2.11 bits per heavy atom. The number of aryl methyl sites for hydroxylation is 1. The summed E-state index contributed by atoms with van der Waals surface area (Å²) in [6, 6.07) is 10.5. The molecular weight excluding hydrogens is 236 g/mol. The molecule has 2 rings (SSSR count). The summed E-state index contributed by atoms with van der Waals surface area (Å²) in [6.07, 6.45) is 3.56. The fraction of sp³-hybridized carbons (Fsp3) is 0.312. The van der Waals surface area contributed by atoms with Crippen LogP contribution in [0.15, 0.2) is 42.7 Å². The monoisotopic (exact) mass is 256 g/mol. The molecule has 3 nitrogen and oxygen atoms in total. The number of rotatable bonds is 5. The molecule has 1 N–H and O–H groups in total. The van der Waals surface area contributed by atoms with E-state index in [1.54, 1.807) is 12.4 Å². The Morgan fingerprint density at radius 3 is 2.84 bits per heavy atom. The molecular formula is C16H20N2O. The molecule has 3 heteroatoms. The molecule has 0 saturated carbocycles. The van der Waals surface area contributed by atoms with Gasteiger partial charge in [0.1, 0.15) is 11.5 Å². The molecule has 2 aromatic rings. The maximum absolute atomic E-state index is 5.92. The predicted octanol–water partition coefficient (Wildman–Crippen LogP) is 3.68. The Hall–Kier alpha value is -1.87. The Kier molecular flexibility index (Phi) is 4.53. The van der Waals surface area contributed by atoms with Crippen LogP contribution in [0.3, 0.4) is 0 Å². The first-order valence-corrected chi connectivity index (χ1v) is 6.56. The molecule has 1 aromatic carbocycles. The van der Waals surface area contributed by atoms with Crippen LogP contribution < -0.4 is 10.1 Å². The smallest absolute Gasteiger partial charge is 0.150 e. The number of aromatic nitrogens is 1. The van der Waals surface area contributed by atoms with E-state index in [9.17, 15) is 0 Å². The Bertz CT molecular complexity index is 538. The van der Waals surface area contributed by atoms with E-state index in [0.717, 1.165) is 23.6 Å². The van der Waals surface area contributed by atoms with Crippen molar-refractivity contribution in [3.05, 3.63) is 53.9 Å². The molecule has 0 aliphatic carbocycles. The summed E-state index contributed by atoms with van der Waals surface area (Å²) in [5, 5.41) is 3.39. The number of ether oxygens (including phenoxy) is 1. The van der Waals surface area contributed by atoms with Crippen LogP contribution in [0.5, 0.6) is 11.5 Å². The molecule has 0 unspecified atom stereocenters. The summed E-state index contributed by atoms with van der Waals surface area (Å²) in [5.41, 5.74) is 2.30.